The molecule has 0 aliphatic rings. The molecule has 0 saturated heterocycles. The van der Waals surface area contributed by atoms with E-state index in [0.717, 1.165) is 6.20 Å². The first-order valence-corrected chi connectivity index (χ1v) is 4.15. The van der Waals surface area contributed by atoms with Gasteiger partial charge in [-0.1, -0.05) is 0 Å². The van der Waals surface area contributed by atoms with E-state index in [9.17, 15) is 8.78 Å². The highest BCUT2D eigenvalue weighted by Crippen LogP contribution is 2.25. The second-order valence-corrected chi connectivity index (χ2v) is 2.91. The monoisotopic (exact) mass is 207 g/mol. The van der Waals surface area contributed by atoms with Crippen LogP contribution >= 0.6 is 0 Å². The lowest BCUT2D eigenvalue weighted by atomic mass is 10.0. The smallest absolute Gasteiger partial charge is 0.245 e. The number of hydrogen-bond acceptors (Lipinski definition) is 3. The molecule has 3 nitrogen and oxygen atoms in total. The normalized spacial score (nSPS) is 9.73. The van der Waals surface area contributed by atoms with Crippen LogP contribution in [0.25, 0.3) is 0 Å². The van der Waals surface area contributed by atoms with Crippen molar-refractivity contribution in [1.29, 1.82) is 10.5 Å². The number of hydrogen-bond donors (Lipinski definition) is 0. The summed E-state index contributed by atoms with van der Waals surface area (Å²) in [6.45, 7) is 1.47. The Bertz CT molecular complexity index is 455. The second kappa shape index (κ2) is 4.47. The van der Waals surface area contributed by atoms with Crippen molar-refractivity contribution in [2.75, 3.05) is 0 Å². The molecule has 0 aromatic carbocycles. The van der Waals surface area contributed by atoms with Crippen LogP contribution < -0.4 is 0 Å². The SMILES string of the molecule is Cc1c(C(F)F)cnc(C#N)c1CC#N. The van der Waals surface area contributed by atoms with Gasteiger partial charge < -0.3 is 0 Å². The Labute approximate surface area is 85.6 Å². The Balaban J connectivity index is 3.38. The van der Waals surface area contributed by atoms with Crippen molar-refractivity contribution in [2.45, 2.75) is 19.8 Å². The van der Waals surface area contributed by atoms with Crippen LogP contribution in [0, 0.1) is 29.6 Å². The summed E-state index contributed by atoms with van der Waals surface area (Å²) in [6, 6.07) is 3.61. The average molecular weight is 207 g/mol. The van der Waals surface area contributed by atoms with Crippen LogP contribution in [0.5, 0.6) is 0 Å². The Kier molecular flexibility index (Phi) is 3.30. The number of aromatic nitrogens is 1. The molecule has 15 heavy (non-hydrogen) atoms. The first-order chi connectivity index (χ1) is 7.11. The highest BCUT2D eigenvalue weighted by Gasteiger charge is 2.16. The Hall–Kier alpha value is -2.01. The lowest BCUT2D eigenvalue weighted by molar-refractivity contribution is 0.150. The first kappa shape index (κ1) is 11.1. The highest BCUT2D eigenvalue weighted by molar-refractivity contribution is 5.42. The minimum absolute atomic E-state index is 0.0402. The van der Waals surface area contributed by atoms with E-state index in [1.54, 1.807) is 6.07 Å². The molecule has 0 amide bonds. The molecular weight excluding hydrogens is 200 g/mol. The van der Waals surface area contributed by atoms with Crippen molar-refractivity contribution in [1.82, 2.24) is 4.98 Å². The predicted octanol–water partition coefficient (Wildman–Crippen LogP) is 2.27. The van der Waals surface area contributed by atoms with Gasteiger partial charge in [0.25, 0.3) is 6.43 Å². The number of nitrogens with zero attached hydrogens (tertiary/aromatic N) is 3. The van der Waals surface area contributed by atoms with Gasteiger partial charge in [-0.3, -0.25) is 0 Å². The fourth-order valence-corrected chi connectivity index (χ4v) is 1.27. The summed E-state index contributed by atoms with van der Waals surface area (Å²) in [5.41, 5.74) is 0.383. The van der Waals surface area contributed by atoms with Gasteiger partial charge in [-0.15, -0.1) is 0 Å². The zero-order valence-corrected chi connectivity index (χ0v) is 7.96. The van der Waals surface area contributed by atoms with Crippen LogP contribution in [-0.2, 0) is 6.42 Å². The minimum Gasteiger partial charge on any atom is -0.245 e. The fourth-order valence-electron chi connectivity index (χ4n) is 1.27. The first-order valence-electron chi connectivity index (χ1n) is 4.15. The maximum atomic E-state index is 12.5. The molecule has 0 radical (unpaired) electrons. The maximum Gasteiger partial charge on any atom is 0.265 e. The third-order valence-electron chi connectivity index (χ3n) is 2.10. The molecule has 0 aliphatic carbocycles. The molecular formula is C10H7F2N3. The highest BCUT2D eigenvalue weighted by atomic mass is 19.3. The molecule has 0 unspecified atom stereocenters. The second-order valence-electron chi connectivity index (χ2n) is 2.91. The molecule has 5 heteroatoms. The molecule has 0 spiro atoms. The van der Waals surface area contributed by atoms with Gasteiger partial charge in [-0.25, -0.2) is 13.8 Å². The Morgan fingerprint density at radius 2 is 2.13 bits per heavy atom. The van der Waals surface area contributed by atoms with Gasteiger partial charge in [0, 0.05) is 17.3 Å². The molecule has 1 aromatic rings. The fraction of sp³-hybridized carbons (Fsp3) is 0.300. The van der Waals surface area contributed by atoms with Crippen molar-refractivity contribution in [3.05, 3.63) is 28.6 Å². The molecule has 0 saturated carbocycles. The van der Waals surface area contributed by atoms with Gasteiger partial charge in [0.05, 0.1) is 12.5 Å². The molecule has 0 N–H and O–H groups in total. The van der Waals surface area contributed by atoms with E-state index >= 15 is 0 Å². The van der Waals surface area contributed by atoms with Gasteiger partial charge in [-0.2, -0.15) is 10.5 Å². The van der Waals surface area contributed by atoms with Crippen molar-refractivity contribution < 1.29 is 8.78 Å². The quantitative estimate of drug-likeness (QED) is 0.747. The number of nitriles is 2. The zero-order valence-electron chi connectivity index (χ0n) is 7.96. The molecule has 0 fully saturated rings. The molecule has 76 valence electrons. The Morgan fingerprint density at radius 1 is 1.47 bits per heavy atom. The van der Waals surface area contributed by atoms with Crippen LogP contribution in [0.2, 0.25) is 0 Å². The molecule has 1 rings (SSSR count). The third kappa shape index (κ3) is 2.08. The van der Waals surface area contributed by atoms with E-state index < -0.39 is 6.43 Å². The van der Waals surface area contributed by atoms with E-state index in [0.29, 0.717) is 0 Å². The van der Waals surface area contributed by atoms with E-state index in [-0.39, 0.29) is 28.8 Å². The Morgan fingerprint density at radius 3 is 2.60 bits per heavy atom. The van der Waals surface area contributed by atoms with Gasteiger partial charge in [0.15, 0.2) is 0 Å². The van der Waals surface area contributed by atoms with Crippen LogP contribution in [-0.4, -0.2) is 4.98 Å². The van der Waals surface area contributed by atoms with E-state index in [4.69, 9.17) is 10.5 Å². The van der Waals surface area contributed by atoms with Crippen molar-refractivity contribution >= 4 is 0 Å². The number of halogens is 2. The molecule has 0 bridgehead atoms. The number of pyridine rings is 1. The number of rotatable bonds is 2. The van der Waals surface area contributed by atoms with Crippen LogP contribution in [0.4, 0.5) is 8.78 Å². The third-order valence-corrected chi connectivity index (χ3v) is 2.10. The summed E-state index contributed by atoms with van der Waals surface area (Å²) in [7, 11) is 0. The summed E-state index contributed by atoms with van der Waals surface area (Å²) < 4.78 is 25.0. The van der Waals surface area contributed by atoms with E-state index in [1.165, 1.54) is 6.92 Å². The lowest BCUT2D eigenvalue weighted by Crippen LogP contribution is -2.02. The van der Waals surface area contributed by atoms with Crippen molar-refractivity contribution in [3.8, 4) is 12.1 Å². The average Bonchev–Trinajstić information content (AvgIpc) is 2.20. The molecule has 1 aromatic heterocycles. The molecule has 0 aliphatic heterocycles. The zero-order chi connectivity index (χ0) is 11.4. The molecule has 1 heterocycles. The van der Waals surface area contributed by atoms with E-state index in [2.05, 4.69) is 4.98 Å². The summed E-state index contributed by atoms with van der Waals surface area (Å²) in [4.78, 5) is 3.61. The van der Waals surface area contributed by atoms with Crippen LogP contribution in [0.15, 0.2) is 6.20 Å². The minimum atomic E-state index is -2.64. The van der Waals surface area contributed by atoms with E-state index in [1.807, 2.05) is 6.07 Å². The van der Waals surface area contributed by atoms with Gasteiger partial charge in [0.1, 0.15) is 11.8 Å². The van der Waals surface area contributed by atoms with Crippen LogP contribution in [0.3, 0.4) is 0 Å². The maximum absolute atomic E-state index is 12.5. The summed E-state index contributed by atoms with van der Waals surface area (Å²) in [5, 5.41) is 17.2. The predicted molar refractivity (Wildman–Crippen MR) is 48.0 cm³/mol. The summed E-state index contributed by atoms with van der Waals surface area (Å²) in [5.74, 6) is 0. The van der Waals surface area contributed by atoms with Gasteiger partial charge >= 0.3 is 0 Å². The largest absolute Gasteiger partial charge is 0.265 e. The summed E-state index contributed by atoms with van der Waals surface area (Å²) >= 11 is 0. The topological polar surface area (TPSA) is 60.5 Å². The van der Waals surface area contributed by atoms with Crippen LogP contribution in [0.1, 0.15) is 28.8 Å². The van der Waals surface area contributed by atoms with Crippen molar-refractivity contribution in [3.63, 3.8) is 0 Å². The lowest BCUT2D eigenvalue weighted by Gasteiger charge is -2.08. The standard InChI is InChI=1S/C10H7F2N3/c1-6-7(2-3-13)9(4-14)15-5-8(6)10(11)12/h5,10H,2H2,1H3. The van der Waals surface area contributed by atoms with Gasteiger partial charge in [-0.05, 0) is 12.5 Å². The number of alkyl halides is 2. The molecule has 0 atom stereocenters. The summed E-state index contributed by atoms with van der Waals surface area (Å²) in [6.07, 6.45) is -1.73. The van der Waals surface area contributed by atoms with Gasteiger partial charge in [0.2, 0.25) is 0 Å². The van der Waals surface area contributed by atoms with Crippen molar-refractivity contribution in [2.24, 2.45) is 0 Å².